The van der Waals surface area contributed by atoms with Crippen LogP contribution in [-0.2, 0) is 4.79 Å². The highest BCUT2D eigenvalue weighted by molar-refractivity contribution is 5.78. The van der Waals surface area contributed by atoms with Crippen LogP contribution >= 0.6 is 0 Å². The first-order chi connectivity index (χ1) is 9.65. The smallest absolute Gasteiger partial charge is 0.236 e. The Labute approximate surface area is 124 Å². The van der Waals surface area contributed by atoms with E-state index >= 15 is 0 Å². The van der Waals surface area contributed by atoms with Crippen molar-refractivity contribution in [3.8, 4) is 0 Å². The maximum Gasteiger partial charge on any atom is 0.236 e. The molecule has 4 nitrogen and oxygen atoms in total. The standard InChI is InChI=1S/C16H31N3O/c1-15(2)13-17-9-11-18(12-10-17)14-16(20)19-7-5-3-4-6-8-19/h15H,3-14H2,1-2H3. The molecular weight excluding hydrogens is 250 g/mol. The Morgan fingerprint density at radius 3 is 1.95 bits per heavy atom. The lowest BCUT2D eigenvalue weighted by molar-refractivity contribution is -0.132. The summed E-state index contributed by atoms with van der Waals surface area (Å²) in [7, 11) is 0. The van der Waals surface area contributed by atoms with Gasteiger partial charge >= 0.3 is 0 Å². The van der Waals surface area contributed by atoms with Crippen LogP contribution in [0.25, 0.3) is 0 Å². The summed E-state index contributed by atoms with van der Waals surface area (Å²) in [5, 5.41) is 0. The van der Waals surface area contributed by atoms with Crippen molar-refractivity contribution in [2.45, 2.75) is 39.5 Å². The average Bonchev–Trinajstić information content (AvgIpc) is 2.69. The summed E-state index contributed by atoms with van der Waals surface area (Å²) < 4.78 is 0. The molecule has 2 aliphatic rings. The number of piperazine rings is 1. The van der Waals surface area contributed by atoms with E-state index in [0.29, 0.717) is 12.5 Å². The third-order valence-electron chi connectivity index (χ3n) is 4.41. The number of hydrogen-bond donors (Lipinski definition) is 0. The van der Waals surface area contributed by atoms with Gasteiger partial charge in [-0.2, -0.15) is 0 Å². The SMILES string of the molecule is CC(C)CN1CCN(CC(=O)N2CCCCCC2)CC1. The zero-order valence-corrected chi connectivity index (χ0v) is 13.3. The number of carbonyl (C=O) groups excluding carboxylic acids is 1. The molecule has 0 aromatic rings. The Hall–Kier alpha value is -0.610. The van der Waals surface area contributed by atoms with Crippen LogP contribution in [0.2, 0.25) is 0 Å². The summed E-state index contributed by atoms with van der Waals surface area (Å²) >= 11 is 0. The molecule has 2 rings (SSSR count). The maximum atomic E-state index is 12.3. The van der Waals surface area contributed by atoms with Gasteiger partial charge in [0.1, 0.15) is 0 Å². The van der Waals surface area contributed by atoms with Crippen LogP contribution in [0.5, 0.6) is 0 Å². The number of carbonyl (C=O) groups is 1. The quantitative estimate of drug-likeness (QED) is 0.784. The minimum absolute atomic E-state index is 0.351. The van der Waals surface area contributed by atoms with E-state index < -0.39 is 0 Å². The van der Waals surface area contributed by atoms with Crippen LogP contribution in [0.3, 0.4) is 0 Å². The zero-order valence-electron chi connectivity index (χ0n) is 13.3. The van der Waals surface area contributed by atoms with Gasteiger partial charge in [0.2, 0.25) is 5.91 Å². The molecule has 0 bridgehead atoms. The molecule has 0 radical (unpaired) electrons. The van der Waals surface area contributed by atoms with Gasteiger partial charge in [0.15, 0.2) is 0 Å². The van der Waals surface area contributed by atoms with Gasteiger partial charge in [-0.25, -0.2) is 0 Å². The van der Waals surface area contributed by atoms with Crippen LogP contribution in [-0.4, -0.2) is 73.0 Å². The van der Waals surface area contributed by atoms with Gasteiger partial charge < -0.3 is 9.80 Å². The molecule has 116 valence electrons. The van der Waals surface area contributed by atoms with Gasteiger partial charge in [-0.1, -0.05) is 26.7 Å². The van der Waals surface area contributed by atoms with Crippen LogP contribution in [0.15, 0.2) is 0 Å². The number of rotatable bonds is 4. The molecule has 2 saturated heterocycles. The molecule has 0 N–H and O–H groups in total. The largest absolute Gasteiger partial charge is 0.342 e. The second-order valence-electron chi connectivity index (χ2n) is 6.77. The highest BCUT2D eigenvalue weighted by Gasteiger charge is 2.22. The number of nitrogens with zero attached hydrogens (tertiary/aromatic N) is 3. The van der Waals surface area contributed by atoms with Crippen molar-refractivity contribution in [1.29, 1.82) is 0 Å². The normalized spacial score (nSPS) is 23.1. The maximum absolute atomic E-state index is 12.3. The van der Waals surface area contributed by atoms with Gasteiger partial charge in [-0.05, 0) is 18.8 Å². The van der Waals surface area contributed by atoms with Crippen molar-refractivity contribution in [3.05, 3.63) is 0 Å². The van der Waals surface area contributed by atoms with Crippen LogP contribution in [0, 0.1) is 5.92 Å². The molecule has 2 fully saturated rings. The summed E-state index contributed by atoms with van der Waals surface area (Å²) in [6, 6.07) is 0. The summed E-state index contributed by atoms with van der Waals surface area (Å²) in [6.07, 6.45) is 4.96. The van der Waals surface area contributed by atoms with Crippen LogP contribution < -0.4 is 0 Å². The monoisotopic (exact) mass is 281 g/mol. The van der Waals surface area contributed by atoms with E-state index in [0.717, 1.165) is 45.2 Å². The average molecular weight is 281 g/mol. The molecule has 0 aromatic carbocycles. The van der Waals surface area contributed by atoms with Gasteiger partial charge in [-0.3, -0.25) is 9.69 Å². The summed E-state index contributed by atoms with van der Waals surface area (Å²) in [4.78, 5) is 19.3. The highest BCUT2D eigenvalue weighted by Crippen LogP contribution is 2.11. The van der Waals surface area contributed by atoms with Gasteiger partial charge in [0, 0.05) is 45.8 Å². The first kappa shape index (κ1) is 15.8. The second kappa shape index (κ2) is 7.99. The summed E-state index contributed by atoms with van der Waals surface area (Å²) in [5.74, 6) is 1.09. The van der Waals surface area contributed by atoms with Crippen LogP contribution in [0.1, 0.15) is 39.5 Å². The van der Waals surface area contributed by atoms with E-state index in [1.54, 1.807) is 0 Å². The number of amides is 1. The predicted molar refractivity (Wildman–Crippen MR) is 82.8 cm³/mol. The topological polar surface area (TPSA) is 26.8 Å². The van der Waals surface area contributed by atoms with Crippen molar-refractivity contribution in [2.24, 2.45) is 5.92 Å². The predicted octanol–water partition coefficient (Wildman–Crippen LogP) is 1.66. The minimum atomic E-state index is 0.351. The highest BCUT2D eigenvalue weighted by atomic mass is 16.2. The van der Waals surface area contributed by atoms with E-state index in [9.17, 15) is 4.79 Å². The Morgan fingerprint density at radius 2 is 1.40 bits per heavy atom. The van der Waals surface area contributed by atoms with E-state index in [1.807, 2.05) is 0 Å². The Kier molecular flexibility index (Phi) is 6.30. The van der Waals surface area contributed by atoms with Crippen molar-refractivity contribution >= 4 is 5.91 Å². The summed E-state index contributed by atoms with van der Waals surface area (Å²) in [6.45, 7) is 12.7. The molecule has 0 atom stereocenters. The van der Waals surface area contributed by atoms with E-state index in [1.165, 1.54) is 32.2 Å². The molecular formula is C16H31N3O. The van der Waals surface area contributed by atoms with E-state index in [4.69, 9.17) is 0 Å². The third-order valence-corrected chi connectivity index (χ3v) is 4.41. The zero-order chi connectivity index (χ0) is 14.4. The molecule has 1 amide bonds. The van der Waals surface area contributed by atoms with Crippen molar-refractivity contribution in [3.63, 3.8) is 0 Å². The van der Waals surface area contributed by atoms with E-state index in [2.05, 4.69) is 28.5 Å². The number of likely N-dealkylation sites (tertiary alicyclic amines) is 1. The van der Waals surface area contributed by atoms with Crippen molar-refractivity contribution in [2.75, 3.05) is 52.4 Å². The molecule has 0 aromatic heterocycles. The van der Waals surface area contributed by atoms with Gasteiger partial charge in [0.25, 0.3) is 0 Å². The molecule has 0 spiro atoms. The number of hydrogen-bond acceptors (Lipinski definition) is 3. The van der Waals surface area contributed by atoms with Crippen molar-refractivity contribution < 1.29 is 4.79 Å². The molecule has 20 heavy (non-hydrogen) atoms. The molecule has 2 aliphatic heterocycles. The molecule has 0 saturated carbocycles. The van der Waals surface area contributed by atoms with Crippen LogP contribution in [0.4, 0.5) is 0 Å². The lowest BCUT2D eigenvalue weighted by Crippen LogP contribution is -2.50. The molecule has 2 heterocycles. The minimum Gasteiger partial charge on any atom is -0.342 e. The fourth-order valence-corrected chi connectivity index (χ4v) is 3.26. The Bertz CT molecular complexity index is 290. The first-order valence-corrected chi connectivity index (χ1v) is 8.37. The molecule has 4 heteroatoms. The van der Waals surface area contributed by atoms with Gasteiger partial charge in [-0.15, -0.1) is 0 Å². The Morgan fingerprint density at radius 1 is 0.850 bits per heavy atom. The fourth-order valence-electron chi connectivity index (χ4n) is 3.26. The second-order valence-corrected chi connectivity index (χ2v) is 6.77. The first-order valence-electron chi connectivity index (χ1n) is 8.37. The van der Waals surface area contributed by atoms with Gasteiger partial charge in [0.05, 0.1) is 6.54 Å². The van der Waals surface area contributed by atoms with E-state index in [-0.39, 0.29) is 0 Å². The molecule has 0 aliphatic carbocycles. The fraction of sp³-hybridized carbons (Fsp3) is 0.938. The summed E-state index contributed by atoms with van der Waals surface area (Å²) in [5.41, 5.74) is 0. The Balaban J connectivity index is 1.70. The molecule has 0 unspecified atom stereocenters. The lowest BCUT2D eigenvalue weighted by atomic mass is 10.2. The third kappa shape index (κ3) is 5.06. The lowest BCUT2D eigenvalue weighted by Gasteiger charge is -2.36. The van der Waals surface area contributed by atoms with Crippen molar-refractivity contribution in [1.82, 2.24) is 14.7 Å².